The summed E-state index contributed by atoms with van der Waals surface area (Å²) < 4.78 is 6.71. The van der Waals surface area contributed by atoms with Crippen LogP contribution in [0.1, 0.15) is 25.5 Å². The van der Waals surface area contributed by atoms with Gasteiger partial charge in [-0.15, -0.1) is 0 Å². The van der Waals surface area contributed by atoms with Crippen LogP contribution in [0.5, 0.6) is 0 Å². The lowest BCUT2D eigenvalue weighted by Gasteiger charge is -2.18. The molecule has 1 aromatic rings. The van der Waals surface area contributed by atoms with Crippen LogP contribution in [-0.4, -0.2) is 19.8 Å². The zero-order valence-electron chi connectivity index (χ0n) is 9.46. The van der Waals surface area contributed by atoms with E-state index >= 15 is 0 Å². The first kappa shape index (κ1) is 12.7. The van der Waals surface area contributed by atoms with Crippen LogP contribution in [0.4, 0.5) is 0 Å². The lowest BCUT2D eigenvalue weighted by molar-refractivity contribution is 0.0626. The molecule has 0 radical (unpaired) electrons. The average molecular weight is 272 g/mol. The fraction of sp³-hybridized carbons (Fsp3) is 0.500. The van der Waals surface area contributed by atoms with Crippen LogP contribution in [0.15, 0.2) is 28.7 Å². The van der Waals surface area contributed by atoms with E-state index in [1.54, 1.807) is 0 Å². The largest absolute Gasteiger partial charge is 0.377 e. The summed E-state index contributed by atoms with van der Waals surface area (Å²) in [6.07, 6.45) is 0.271. The van der Waals surface area contributed by atoms with Crippen molar-refractivity contribution in [2.24, 2.45) is 0 Å². The third-order valence-corrected chi connectivity index (χ3v) is 2.69. The summed E-state index contributed by atoms with van der Waals surface area (Å²) in [6, 6.07) is 8.55. The fourth-order valence-electron chi connectivity index (χ4n) is 1.36. The molecule has 0 fully saturated rings. The van der Waals surface area contributed by atoms with Crippen molar-refractivity contribution in [1.82, 2.24) is 5.32 Å². The number of likely N-dealkylation sites (N-methyl/N-ethyl adjacent to an activating group) is 1. The number of benzene rings is 1. The highest BCUT2D eigenvalue weighted by atomic mass is 79.9. The van der Waals surface area contributed by atoms with Gasteiger partial charge in [0.05, 0.1) is 18.8 Å². The van der Waals surface area contributed by atoms with Crippen molar-refractivity contribution in [2.75, 3.05) is 13.7 Å². The SMILES string of the molecule is CNC(COC(C)C)c1cccc(Br)c1. The molecular formula is C12H18BrNO. The van der Waals surface area contributed by atoms with Gasteiger partial charge in [0.15, 0.2) is 0 Å². The number of ether oxygens (including phenoxy) is 1. The Hall–Kier alpha value is -0.380. The molecule has 0 spiro atoms. The van der Waals surface area contributed by atoms with Crippen molar-refractivity contribution in [3.05, 3.63) is 34.3 Å². The van der Waals surface area contributed by atoms with Crippen molar-refractivity contribution in [1.29, 1.82) is 0 Å². The molecule has 1 N–H and O–H groups in total. The van der Waals surface area contributed by atoms with Crippen molar-refractivity contribution < 1.29 is 4.74 Å². The van der Waals surface area contributed by atoms with E-state index in [0.717, 1.165) is 4.47 Å². The Balaban J connectivity index is 2.65. The van der Waals surface area contributed by atoms with E-state index in [1.165, 1.54) is 5.56 Å². The smallest absolute Gasteiger partial charge is 0.0664 e. The van der Waals surface area contributed by atoms with Gasteiger partial charge >= 0.3 is 0 Å². The number of hydrogen-bond donors (Lipinski definition) is 1. The van der Waals surface area contributed by atoms with E-state index in [-0.39, 0.29) is 12.1 Å². The Morgan fingerprint density at radius 2 is 2.13 bits per heavy atom. The Morgan fingerprint density at radius 1 is 1.40 bits per heavy atom. The predicted octanol–water partition coefficient (Wildman–Crippen LogP) is 3.13. The Kier molecular flexibility index (Phi) is 5.29. The molecule has 1 rings (SSSR count). The first-order valence-corrected chi connectivity index (χ1v) is 5.97. The summed E-state index contributed by atoms with van der Waals surface area (Å²) in [7, 11) is 1.95. The zero-order chi connectivity index (χ0) is 11.3. The molecule has 0 aliphatic heterocycles. The molecule has 1 unspecified atom stereocenters. The van der Waals surface area contributed by atoms with E-state index in [0.29, 0.717) is 6.61 Å². The van der Waals surface area contributed by atoms with Gasteiger partial charge in [-0.05, 0) is 38.6 Å². The summed E-state index contributed by atoms with van der Waals surface area (Å²) in [4.78, 5) is 0. The molecule has 84 valence electrons. The number of hydrogen-bond acceptors (Lipinski definition) is 2. The van der Waals surface area contributed by atoms with Crippen molar-refractivity contribution >= 4 is 15.9 Å². The Labute approximate surface area is 100 Å². The van der Waals surface area contributed by atoms with Gasteiger partial charge in [-0.3, -0.25) is 0 Å². The highest BCUT2D eigenvalue weighted by molar-refractivity contribution is 9.10. The molecule has 3 heteroatoms. The van der Waals surface area contributed by atoms with E-state index in [4.69, 9.17) is 4.74 Å². The van der Waals surface area contributed by atoms with Crippen LogP contribution in [0, 0.1) is 0 Å². The highest BCUT2D eigenvalue weighted by Gasteiger charge is 2.10. The van der Waals surface area contributed by atoms with E-state index in [9.17, 15) is 0 Å². The van der Waals surface area contributed by atoms with Crippen molar-refractivity contribution in [2.45, 2.75) is 26.0 Å². The maximum absolute atomic E-state index is 5.61. The number of halogens is 1. The van der Waals surface area contributed by atoms with Gasteiger partial charge in [0.2, 0.25) is 0 Å². The lowest BCUT2D eigenvalue weighted by atomic mass is 10.1. The monoisotopic (exact) mass is 271 g/mol. The highest BCUT2D eigenvalue weighted by Crippen LogP contribution is 2.18. The minimum Gasteiger partial charge on any atom is -0.377 e. The molecule has 1 atom stereocenters. The predicted molar refractivity (Wildman–Crippen MR) is 67.0 cm³/mol. The minimum atomic E-state index is 0.255. The van der Waals surface area contributed by atoms with Gasteiger partial charge < -0.3 is 10.1 Å². The molecule has 0 aliphatic rings. The van der Waals surface area contributed by atoms with Crippen molar-refractivity contribution in [3.63, 3.8) is 0 Å². The minimum absolute atomic E-state index is 0.255. The average Bonchev–Trinajstić information content (AvgIpc) is 2.18. The van der Waals surface area contributed by atoms with Crippen molar-refractivity contribution in [3.8, 4) is 0 Å². The van der Waals surface area contributed by atoms with E-state index in [2.05, 4.69) is 33.4 Å². The van der Waals surface area contributed by atoms with Gasteiger partial charge in [-0.25, -0.2) is 0 Å². The van der Waals surface area contributed by atoms with Crippen LogP contribution in [0.2, 0.25) is 0 Å². The molecule has 2 nitrogen and oxygen atoms in total. The number of rotatable bonds is 5. The standard InChI is InChI=1S/C12H18BrNO/c1-9(2)15-8-12(14-3)10-5-4-6-11(13)7-10/h4-7,9,12,14H,8H2,1-3H3. The molecule has 0 heterocycles. The van der Waals surface area contributed by atoms with Crippen LogP contribution >= 0.6 is 15.9 Å². The van der Waals surface area contributed by atoms with Gasteiger partial charge in [0, 0.05) is 4.47 Å². The fourth-order valence-corrected chi connectivity index (χ4v) is 1.78. The second-order valence-electron chi connectivity index (χ2n) is 3.78. The molecular weight excluding hydrogens is 254 g/mol. The summed E-state index contributed by atoms with van der Waals surface area (Å²) in [5.41, 5.74) is 1.24. The van der Waals surface area contributed by atoms with Gasteiger partial charge in [-0.2, -0.15) is 0 Å². The molecule has 0 saturated carbocycles. The molecule has 0 aliphatic carbocycles. The third kappa shape index (κ3) is 4.33. The summed E-state index contributed by atoms with van der Waals surface area (Å²) in [5, 5.41) is 3.26. The maximum Gasteiger partial charge on any atom is 0.0664 e. The van der Waals surface area contributed by atoms with Gasteiger partial charge in [0.1, 0.15) is 0 Å². The van der Waals surface area contributed by atoms with Crippen LogP contribution in [0.25, 0.3) is 0 Å². The second-order valence-corrected chi connectivity index (χ2v) is 4.69. The first-order chi connectivity index (χ1) is 7.13. The molecule has 0 aromatic heterocycles. The van der Waals surface area contributed by atoms with Gasteiger partial charge in [0.25, 0.3) is 0 Å². The summed E-state index contributed by atoms with van der Waals surface area (Å²) >= 11 is 3.47. The summed E-state index contributed by atoms with van der Waals surface area (Å²) in [5.74, 6) is 0. The lowest BCUT2D eigenvalue weighted by Crippen LogP contribution is -2.23. The second kappa shape index (κ2) is 6.26. The normalized spacial score (nSPS) is 13.1. The van der Waals surface area contributed by atoms with E-state index < -0.39 is 0 Å². The van der Waals surface area contributed by atoms with Crippen LogP contribution < -0.4 is 5.32 Å². The Morgan fingerprint density at radius 3 is 2.67 bits per heavy atom. The number of nitrogens with one attached hydrogen (secondary N) is 1. The molecule has 0 saturated heterocycles. The van der Waals surface area contributed by atoms with Gasteiger partial charge in [-0.1, -0.05) is 28.1 Å². The molecule has 1 aromatic carbocycles. The topological polar surface area (TPSA) is 21.3 Å². The molecule has 15 heavy (non-hydrogen) atoms. The third-order valence-electron chi connectivity index (χ3n) is 2.20. The molecule has 0 bridgehead atoms. The maximum atomic E-state index is 5.61. The van der Waals surface area contributed by atoms with Crippen LogP contribution in [0.3, 0.4) is 0 Å². The summed E-state index contributed by atoms with van der Waals surface area (Å²) in [6.45, 7) is 4.80. The quantitative estimate of drug-likeness (QED) is 0.889. The molecule has 0 amide bonds. The van der Waals surface area contributed by atoms with E-state index in [1.807, 2.05) is 33.0 Å². The first-order valence-electron chi connectivity index (χ1n) is 5.18. The Bertz CT molecular complexity index is 301. The zero-order valence-corrected chi connectivity index (χ0v) is 11.0. The van der Waals surface area contributed by atoms with Crippen LogP contribution in [-0.2, 0) is 4.74 Å².